The van der Waals surface area contributed by atoms with E-state index in [2.05, 4.69) is 15.9 Å². The van der Waals surface area contributed by atoms with Crippen molar-refractivity contribution in [2.24, 2.45) is 0 Å². The van der Waals surface area contributed by atoms with Crippen LogP contribution in [0.1, 0.15) is 12.0 Å². The molecule has 1 aromatic carbocycles. The summed E-state index contributed by atoms with van der Waals surface area (Å²) in [4.78, 5) is 0. The summed E-state index contributed by atoms with van der Waals surface area (Å²) >= 11 is 3.29. The highest BCUT2D eigenvalue weighted by Crippen LogP contribution is 2.45. The predicted octanol–water partition coefficient (Wildman–Crippen LogP) is 1.85. The zero-order chi connectivity index (χ0) is 11.5. The van der Waals surface area contributed by atoms with Crippen LogP contribution in [0.15, 0.2) is 10.5 Å². The highest BCUT2D eigenvalue weighted by atomic mass is 79.9. The zero-order valence-electron chi connectivity index (χ0n) is 8.70. The number of aliphatic hydroxyl groups is 1. The molecule has 0 atom stereocenters. The van der Waals surface area contributed by atoms with E-state index >= 15 is 0 Å². The number of phenolic OH excluding ortho intramolecular Hbond substituents is 1. The van der Waals surface area contributed by atoms with Gasteiger partial charge in [-0.15, -0.1) is 0 Å². The summed E-state index contributed by atoms with van der Waals surface area (Å²) in [5, 5.41) is 18.7. The third-order valence-corrected chi connectivity index (χ3v) is 3.17. The second kappa shape index (κ2) is 4.93. The van der Waals surface area contributed by atoms with Crippen molar-refractivity contribution >= 4 is 15.9 Å². The van der Waals surface area contributed by atoms with Crippen LogP contribution >= 0.6 is 15.9 Å². The molecule has 2 rings (SSSR count). The SMILES string of the molecule is OCCCc1cc2c(c(Br)c1O)OCCO2. The lowest BCUT2D eigenvalue weighted by Gasteiger charge is -2.21. The lowest BCUT2D eigenvalue weighted by atomic mass is 10.1. The van der Waals surface area contributed by atoms with E-state index in [1.165, 1.54) is 0 Å². The van der Waals surface area contributed by atoms with Gasteiger partial charge in [0.05, 0.1) is 0 Å². The van der Waals surface area contributed by atoms with E-state index in [-0.39, 0.29) is 12.4 Å². The van der Waals surface area contributed by atoms with Crippen LogP contribution < -0.4 is 9.47 Å². The summed E-state index contributed by atoms with van der Waals surface area (Å²) in [5.41, 5.74) is 0.755. The van der Waals surface area contributed by atoms with Gasteiger partial charge >= 0.3 is 0 Å². The van der Waals surface area contributed by atoms with Gasteiger partial charge in [0, 0.05) is 6.61 Å². The number of aliphatic hydroxyl groups excluding tert-OH is 1. The van der Waals surface area contributed by atoms with Gasteiger partial charge in [0.1, 0.15) is 23.4 Å². The number of benzene rings is 1. The van der Waals surface area contributed by atoms with Gasteiger partial charge in [-0.25, -0.2) is 0 Å². The van der Waals surface area contributed by atoms with E-state index in [0.29, 0.717) is 42.0 Å². The van der Waals surface area contributed by atoms with Crippen molar-refractivity contribution in [1.82, 2.24) is 0 Å². The Balaban J connectivity index is 2.36. The molecule has 4 nitrogen and oxygen atoms in total. The summed E-state index contributed by atoms with van der Waals surface area (Å²) in [7, 11) is 0. The second-order valence-corrected chi connectivity index (χ2v) is 4.34. The molecule has 1 aliphatic heterocycles. The summed E-state index contributed by atoms with van der Waals surface area (Å²) in [6, 6.07) is 1.77. The Bertz CT molecular complexity index is 392. The molecule has 0 amide bonds. The first-order valence-corrected chi connectivity index (χ1v) is 5.94. The predicted molar refractivity (Wildman–Crippen MR) is 62.2 cm³/mol. The zero-order valence-corrected chi connectivity index (χ0v) is 10.3. The Hall–Kier alpha value is -0.940. The van der Waals surface area contributed by atoms with E-state index in [1.807, 2.05) is 0 Å². The van der Waals surface area contributed by atoms with Gasteiger partial charge in [-0.1, -0.05) is 0 Å². The average Bonchev–Trinajstić information content (AvgIpc) is 2.32. The Morgan fingerprint density at radius 2 is 2.06 bits per heavy atom. The number of rotatable bonds is 3. The maximum absolute atomic E-state index is 9.92. The van der Waals surface area contributed by atoms with E-state index in [0.717, 1.165) is 5.56 Å². The quantitative estimate of drug-likeness (QED) is 0.891. The topological polar surface area (TPSA) is 58.9 Å². The number of hydrogen-bond donors (Lipinski definition) is 2. The summed E-state index contributed by atoms with van der Waals surface area (Å²) in [6.45, 7) is 1.11. The number of aryl methyl sites for hydroxylation is 1. The minimum Gasteiger partial charge on any atom is -0.506 e. The number of ether oxygens (including phenoxy) is 2. The Morgan fingerprint density at radius 1 is 1.31 bits per heavy atom. The Kier molecular flexibility index (Phi) is 3.56. The molecule has 5 heteroatoms. The number of hydrogen-bond acceptors (Lipinski definition) is 4. The summed E-state index contributed by atoms with van der Waals surface area (Å²) < 4.78 is 11.4. The van der Waals surface area contributed by atoms with Crippen LogP contribution in [0.5, 0.6) is 17.2 Å². The van der Waals surface area contributed by atoms with Crippen LogP contribution in [0.3, 0.4) is 0 Å². The third kappa shape index (κ3) is 2.10. The monoisotopic (exact) mass is 288 g/mol. The molecule has 0 saturated carbocycles. The van der Waals surface area contributed by atoms with Crippen LogP contribution in [0.2, 0.25) is 0 Å². The Labute approximate surface area is 102 Å². The first-order valence-electron chi connectivity index (χ1n) is 5.15. The molecule has 1 aliphatic rings. The van der Waals surface area contributed by atoms with Crippen LogP contribution in [0, 0.1) is 0 Å². The van der Waals surface area contributed by atoms with Crippen LogP contribution in [0.4, 0.5) is 0 Å². The normalized spacial score (nSPS) is 13.9. The van der Waals surface area contributed by atoms with E-state index in [1.54, 1.807) is 6.07 Å². The van der Waals surface area contributed by atoms with Crippen molar-refractivity contribution in [1.29, 1.82) is 0 Å². The van der Waals surface area contributed by atoms with Gasteiger partial charge < -0.3 is 19.7 Å². The van der Waals surface area contributed by atoms with Crippen molar-refractivity contribution in [3.63, 3.8) is 0 Å². The molecule has 0 saturated heterocycles. The largest absolute Gasteiger partial charge is 0.506 e. The number of phenols is 1. The van der Waals surface area contributed by atoms with Gasteiger partial charge in [0.15, 0.2) is 11.5 Å². The molecule has 16 heavy (non-hydrogen) atoms. The molecular weight excluding hydrogens is 276 g/mol. The molecular formula is C11H13BrO4. The van der Waals surface area contributed by atoms with Crippen LogP contribution in [-0.2, 0) is 6.42 Å². The molecule has 1 heterocycles. The fourth-order valence-electron chi connectivity index (χ4n) is 1.65. The van der Waals surface area contributed by atoms with Crippen molar-refractivity contribution in [3.8, 4) is 17.2 Å². The van der Waals surface area contributed by atoms with Crippen molar-refractivity contribution < 1.29 is 19.7 Å². The summed E-state index contributed by atoms with van der Waals surface area (Å²) in [6.07, 6.45) is 1.22. The minimum atomic E-state index is 0.103. The van der Waals surface area contributed by atoms with E-state index < -0.39 is 0 Å². The van der Waals surface area contributed by atoms with Crippen LogP contribution in [0.25, 0.3) is 0 Å². The fourth-order valence-corrected chi connectivity index (χ4v) is 2.21. The lowest BCUT2D eigenvalue weighted by molar-refractivity contribution is 0.169. The number of aromatic hydroxyl groups is 1. The molecule has 88 valence electrons. The highest BCUT2D eigenvalue weighted by molar-refractivity contribution is 9.10. The molecule has 0 radical (unpaired) electrons. The van der Waals surface area contributed by atoms with Gasteiger partial charge in [-0.2, -0.15) is 0 Å². The molecule has 0 bridgehead atoms. The maximum atomic E-state index is 9.92. The molecule has 0 fully saturated rings. The van der Waals surface area contributed by atoms with Crippen molar-refractivity contribution in [3.05, 3.63) is 16.1 Å². The van der Waals surface area contributed by atoms with Crippen LogP contribution in [-0.4, -0.2) is 30.0 Å². The number of halogens is 1. The average molecular weight is 289 g/mol. The van der Waals surface area contributed by atoms with E-state index in [9.17, 15) is 5.11 Å². The first-order chi connectivity index (χ1) is 7.74. The smallest absolute Gasteiger partial charge is 0.179 e. The second-order valence-electron chi connectivity index (χ2n) is 3.55. The number of fused-ring (bicyclic) bond motifs is 1. The van der Waals surface area contributed by atoms with E-state index in [4.69, 9.17) is 14.6 Å². The van der Waals surface area contributed by atoms with Crippen molar-refractivity contribution in [2.45, 2.75) is 12.8 Å². The fraction of sp³-hybridized carbons (Fsp3) is 0.455. The molecule has 0 aliphatic carbocycles. The summed E-state index contributed by atoms with van der Waals surface area (Å²) in [5.74, 6) is 1.36. The highest BCUT2D eigenvalue weighted by Gasteiger charge is 2.20. The van der Waals surface area contributed by atoms with Gasteiger partial charge in [0.25, 0.3) is 0 Å². The Morgan fingerprint density at radius 3 is 2.81 bits per heavy atom. The first kappa shape index (κ1) is 11.5. The molecule has 2 N–H and O–H groups in total. The molecule has 0 spiro atoms. The minimum absolute atomic E-state index is 0.103. The van der Waals surface area contributed by atoms with Gasteiger partial charge in [-0.3, -0.25) is 0 Å². The maximum Gasteiger partial charge on any atom is 0.179 e. The molecule has 1 aromatic rings. The standard InChI is InChI=1S/C11H13BrO4/c12-9-10(14)7(2-1-3-13)6-8-11(9)16-5-4-15-8/h6,13-14H,1-5H2. The third-order valence-electron chi connectivity index (χ3n) is 2.43. The molecule has 0 aromatic heterocycles. The van der Waals surface area contributed by atoms with Gasteiger partial charge in [-0.05, 0) is 40.4 Å². The lowest BCUT2D eigenvalue weighted by Crippen LogP contribution is -2.16. The van der Waals surface area contributed by atoms with Gasteiger partial charge in [0.2, 0.25) is 0 Å². The molecule has 0 unspecified atom stereocenters. The van der Waals surface area contributed by atoms with Crippen molar-refractivity contribution in [2.75, 3.05) is 19.8 Å².